The van der Waals surface area contributed by atoms with Crippen LogP contribution in [-0.4, -0.2) is 25.7 Å². The van der Waals surface area contributed by atoms with E-state index in [0.29, 0.717) is 12.2 Å². The molecule has 1 aromatic carbocycles. The maximum Gasteiger partial charge on any atom is 0.418 e. The van der Waals surface area contributed by atoms with Gasteiger partial charge in [0, 0.05) is 24.8 Å². The van der Waals surface area contributed by atoms with Crippen LogP contribution < -0.4 is 10.2 Å². The Balaban J connectivity index is 2.25. The molecular weight excluding hydrogens is 253 g/mol. The summed E-state index contributed by atoms with van der Waals surface area (Å²) in [5, 5.41) is 3.23. The maximum absolute atomic E-state index is 13.0. The molecule has 0 saturated carbocycles. The molecule has 1 N–H and O–H groups in total. The highest BCUT2D eigenvalue weighted by Crippen LogP contribution is 2.38. The predicted molar refractivity (Wildman–Crippen MR) is 70.4 cm³/mol. The van der Waals surface area contributed by atoms with Crippen molar-refractivity contribution in [2.24, 2.45) is 0 Å². The molecule has 0 aliphatic carbocycles. The molecule has 106 valence electrons. The fourth-order valence-electron chi connectivity index (χ4n) is 2.64. The third-order valence-corrected chi connectivity index (χ3v) is 3.53. The van der Waals surface area contributed by atoms with E-state index in [2.05, 4.69) is 5.32 Å². The van der Waals surface area contributed by atoms with Crippen LogP contribution in [0.15, 0.2) is 24.3 Å². The minimum absolute atomic E-state index is 0.156. The molecule has 0 bridgehead atoms. The first-order valence-electron chi connectivity index (χ1n) is 6.67. The molecule has 0 radical (unpaired) electrons. The number of rotatable bonds is 4. The van der Waals surface area contributed by atoms with Gasteiger partial charge in [0.25, 0.3) is 0 Å². The number of anilines is 1. The summed E-state index contributed by atoms with van der Waals surface area (Å²) in [5.74, 6) is 0. The normalized spacial score (nSPS) is 20.0. The van der Waals surface area contributed by atoms with Crippen LogP contribution in [0.2, 0.25) is 0 Å². The number of nitrogens with zero attached hydrogens (tertiary/aromatic N) is 1. The maximum atomic E-state index is 13.0. The van der Waals surface area contributed by atoms with Gasteiger partial charge in [-0.1, -0.05) is 19.1 Å². The van der Waals surface area contributed by atoms with Gasteiger partial charge < -0.3 is 10.2 Å². The molecule has 1 heterocycles. The van der Waals surface area contributed by atoms with E-state index in [9.17, 15) is 13.2 Å². The number of likely N-dealkylation sites (N-methyl/N-ethyl adjacent to an activating group) is 1. The van der Waals surface area contributed by atoms with E-state index < -0.39 is 11.7 Å². The molecule has 0 aromatic heterocycles. The predicted octanol–water partition coefficient (Wildman–Crippen LogP) is 3.28. The van der Waals surface area contributed by atoms with Crippen LogP contribution in [0.4, 0.5) is 18.9 Å². The molecule has 1 saturated heterocycles. The second-order valence-electron chi connectivity index (χ2n) is 4.81. The minimum Gasteiger partial charge on any atom is -0.367 e. The zero-order valence-electron chi connectivity index (χ0n) is 11.0. The topological polar surface area (TPSA) is 15.3 Å². The average Bonchev–Trinajstić information content (AvgIpc) is 2.83. The van der Waals surface area contributed by atoms with Crippen molar-refractivity contribution in [3.05, 3.63) is 29.8 Å². The number of benzene rings is 1. The van der Waals surface area contributed by atoms with Crippen molar-refractivity contribution in [3.63, 3.8) is 0 Å². The molecule has 19 heavy (non-hydrogen) atoms. The van der Waals surface area contributed by atoms with Crippen LogP contribution in [0.1, 0.15) is 25.3 Å². The molecule has 1 aliphatic rings. The Morgan fingerprint density at radius 3 is 2.74 bits per heavy atom. The van der Waals surface area contributed by atoms with E-state index in [1.165, 1.54) is 6.07 Å². The first kappa shape index (κ1) is 14.2. The summed E-state index contributed by atoms with van der Waals surface area (Å²) in [5.41, 5.74) is -0.214. The van der Waals surface area contributed by atoms with Crippen molar-refractivity contribution >= 4 is 5.69 Å². The van der Waals surface area contributed by atoms with E-state index in [-0.39, 0.29) is 6.04 Å². The summed E-state index contributed by atoms with van der Waals surface area (Å²) in [7, 11) is 0. The highest BCUT2D eigenvalue weighted by molar-refractivity contribution is 5.56. The van der Waals surface area contributed by atoms with Crippen molar-refractivity contribution in [1.82, 2.24) is 5.32 Å². The van der Waals surface area contributed by atoms with Gasteiger partial charge in [-0.3, -0.25) is 0 Å². The lowest BCUT2D eigenvalue weighted by Gasteiger charge is -2.29. The molecule has 1 atom stereocenters. The number of hydrogen-bond acceptors (Lipinski definition) is 2. The van der Waals surface area contributed by atoms with Gasteiger partial charge in [-0.05, 0) is 31.5 Å². The molecule has 1 fully saturated rings. The molecule has 2 nitrogen and oxygen atoms in total. The second-order valence-corrected chi connectivity index (χ2v) is 4.81. The molecule has 0 spiro atoms. The van der Waals surface area contributed by atoms with Crippen LogP contribution in [0.3, 0.4) is 0 Å². The molecule has 0 amide bonds. The lowest BCUT2D eigenvalue weighted by molar-refractivity contribution is -0.137. The molecule has 5 heteroatoms. The molecule has 1 aromatic rings. The molecule has 1 aliphatic heterocycles. The Morgan fingerprint density at radius 1 is 1.32 bits per heavy atom. The van der Waals surface area contributed by atoms with Crippen LogP contribution >= 0.6 is 0 Å². The zero-order valence-corrected chi connectivity index (χ0v) is 11.0. The van der Waals surface area contributed by atoms with Crippen molar-refractivity contribution < 1.29 is 13.2 Å². The number of hydrogen-bond donors (Lipinski definition) is 1. The third kappa shape index (κ3) is 3.21. The zero-order chi connectivity index (χ0) is 13.9. The lowest BCUT2D eigenvalue weighted by Crippen LogP contribution is -2.38. The number of alkyl halides is 3. The quantitative estimate of drug-likeness (QED) is 0.905. The van der Waals surface area contributed by atoms with E-state index >= 15 is 0 Å². The Bertz CT molecular complexity index is 417. The van der Waals surface area contributed by atoms with E-state index in [1.54, 1.807) is 12.1 Å². The second kappa shape index (κ2) is 5.82. The van der Waals surface area contributed by atoms with E-state index in [4.69, 9.17) is 0 Å². The summed E-state index contributed by atoms with van der Waals surface area (Å²) in [6.07, 6.45) is -2.40. The van der Waals surface area contributed by atoms with Crippen LogP contribution in [0, 0.1) is 0 Å². The first-order chi connectivity index (χ1) is 9.04. The summed E-state index contributed by atoms with van der Waals surface area (Å²) >= 11 is 0. The Morgan fingerprint density at radius 2 is 2.05 bits per heavy atom. The van der Waals surface area contributed by atoms with Crippen molar-refractivity contribution in [2.75, 3.05) is 24.5 Å². The van der Waals surface area contributed by atoms with Crippen molar-refractivity contribution in [2.45, 2.75) is 32.0 Å². The fourth-order valence-corrected chi connectivity index (χ4v) is 2.64. The van der Waals surface area contributed by atoms with Gasteiger partial charge in [0.15, 0.2) is 0 Å². The fraction of sp³-hybridized carbons (Fsp3) is 0.571. The summed E-state index contributed by atoms with van der Waals surface area (Å²) < 4.78 is 39.1. The highest BCUT2D eigenvalue weighted by Gasteiger charge is 2.36. The van der Waals surface area contributed by atoms with Crippen molar-refractivity contribution in [1.29, 1.82) is 0 Å². The smallest absolute Gasteiger partial charge is 0.367 e. The monoisotopic (exact) mass is 272 g/mol. The molecule has 2 rings (SSSR count). The highest BCUT2D eigenvalue weighted by atomic mass is 19.4. The van der Waals surface area contributed by atoms with Gasteiger partial charge in [-0.15, -0.1) is 0 Å². The largest absolute Gasteiger partial charge is 0.418 e. The number of para-hydroxylation sites is 1. The SMILES string of the molecule is CCNCC1CCCN1c1ccccc1C(F)(F)F. The van der Waals surface area contributed by atoms with E-state index in [0.717, 1.165) is 32.0 Å². The summed E-state index contributed by atoms with van der Waals surface area (Å²) in [4.78, 5) is 1.89. The van der Waals surface area contributed by atoms with Gasteiger partial charge in [0.2, 0.25) is 0 Å². The van der Waals surface area contributed by atoms with Gasteiger partial charge in [0.05, 0.1) is 5.56 Å². The molecular formula is C14H19F3N2. The standard InChI is InChI=1S/C14H19F3N2/c1-2-18-10-11-6-5-9-19(11)13-8-4-3-7-12(13)14(15,16)17/h3-4,7-8,11,18H,2,5-6,9-10H2,1H3. The van der Waals surface area contributed by atoms with Gasteiger partial charge in [0.1, 0.15) is 0 Å². The Kier molecular flexibility index (Phi) is 4.34. The summed E-state index contributed by atoms with van der Waals surface area (Å²) in [6.45, 7) is 4.28. The summed E-state index contributed by atoms with van der Waals surface area (Å²) in [6, 6.07) is 6.02. The van der Waals surface area contributed by atoms with Crippen molar-refractivity contribution in [3.8, 4) is 0 Å². The third-order valence-electron chi connectivity index (χ3n) is 3.53. The average molecular weight is 272 g/mol. The first-order valence-corrected chi connectivity index (χ1v) is 6.67. The Labute approximate surface area is 111 Å². The number of nitrogens with one attached hydrogen (secondary N) is 1. The number of halogens is 3. The van der Waals surface area contributed by atoms with Gasteiger partial charge in [-0.2, -0.15) is 13.2 Å². The lowest BCUT2D eigenvalue weighted by atomic mass is 10.1. The van der Waals surface area contributed by atoms with Gasteiger partial charge in [-0.25, -0.2) is 0 Å². The Hall–Kier alpha value is -1.23. The van der Waals surface area contributed by atoms with Gasteiger partial charge >= 0.3 is 6.18 Å². The molecule has 1 unspecified atom stereocenters. The van der Waals surface area contributed by atoms with Crippen LogP contribution in [0.5, 0.6) is 0 Å². The van der Waals surface area contributed by atoms with Crippen LogP contribution in [-0.2, 0) is 6.18 Å². The van der Waals surface area contributed by atoms with Crippen LogP contribution in [0.25, 0.3) is 0 Å². The minimum atomic E-state index is -4.29. The van der Waals surface area contributed by atoms with E-state index in [1.807, 2.05) is 11.8 Å².